The van der Waals surface area contributed by atoms with Crippen LogP contribution < -0.4 is 15.2 Å². The molecule has 0 spiro atoms. The lowest BCUT2D eigenvalue weighted by Crippen LogP contribution is -2.25. The Bertz CT molecular complexity index is 462. The summed E-state index contributed by atoms with van der Waals surface area (Å²) in [5, 5.41) is 1.57. The molecule has 1 saturated carbocycles. The normalized spacial score (nSPS) is 16.6. The number of anilines is 1. The SMILES string of the molecule is COc1c(N)csc1S(=O)(=O)NC1CC1. The topological polar surface area (TPSA) is 81.4 Å². The van der Waals surface area contributed by atoms with Crippen LogP contribution in [0.25, 0.3) is 0 Å². The van der Waals surface area contributed by atoms with Gasteiger partial charge in [0.15, 0.2) is 9.96 Å². The van der Waals surface area contributed by atoms with Gasteiger partial charge in [-0.15, -0.1) is 11.3 Å². The van der Waals surface area contributed by atoms with Gasteiger partial charge in [0.05, 0.1) is 12.8 Å². The average Bonchev–Trinajstić information content (AvgIpc) is 2.85. The van der Waals surface area contributed by atoms with Crippen molar-refractivity contribution < 1.29 is 13.2 Å². The summed E-state index contributed by atoms with van der Waals surface area (Å²) >= 11 is 1.08. The highest BCUT2D eigenvalue weighted by molar-refractivity contribution is 7.91. The number of methoxy groups -OCH3 is 1. The zero-order valence-electron chi connectivity index (χ0n) is 8.19. The molecule has 1 fully saturated rings. The first-order chi connectivity index (χ1) is 7.04. The van der Waals surface area contributed by atoms with Gasteiger partial charge in [-0.2, -0.15) is 0 Å². The molecule has 15 heavy (non-hydrogen) atoms. The van der Waals surface area contributed by atoms with Crippen LogP contribution in [0.15, 0.2) is 9.59 Å². The quantitative estimate of drug-likeness (QED) is 0.825. The monoisotopic (exact) mass is 248 g/mol. The van der Waals surface area contributed by atoms with E-state index in [1.807, 2.05) is 0 Å². The van der Waals surface area contributed by atoms with Gasteiger partial charge in [0.2, 0.25) is 0 Å². The lowest BCUT2D eigenvalue weighted by atomic mass is 10.5. The van der Waals surface area contributed by atoms with Crippen LogP contribution in [0.5, 0.6) is 5.75 Å². The highest BCUT2D eigenvalue weighted by atomic mass is 32.2. The van der Waals surface area contributed by atoms with Crippen LogP contribution in [0.3, 0.4) is 0 Å². The number of thiophene rings is 1. The minimum absolute atomic E-state index is 0.0861. The van der Waals surface area contributed by atoms with Crippen molar-refractivity contribution in [3.63, 3.8) is 0 Å². The smallest absolute Gasteiger partial charge is 0.254 e. The summed E-state index contributed by atoms with van der Waals surface area (Å²) in [4.78, 5) is 0. The van der Waals surface area contributed by atoms with Crippen LogP contribution in [0.4, 0.5) is 5.69 Å². The molecule has 0 saturated heterocycles. The number of nitrogen functional groups attached to an aromatic ring is 1. The second kappa shape index (κ2) is 3.66. The Labute approximate surface area is 92.3 Å². The van der Waals surface area contributed by atoms with E-state index >= 15 is 0 Å². The van der Waals surface area contributed by atoms with Crippen LogP contribution in [-0.4, -0.2) is 21.6 Å². The predicted molar refractivity (Wildman–Crippen MR) is 58.6 cm³/mol. The average molecular weight is 248 g/mol. The van der Waals surface area contributed by atoms with Crippen molar-refractivity contribution in [1.29, 1.82) is 0 Å². The van der Waals surface area contributed by atoms with Crippen molar-refractivity contribution in [2.24, 2.45) is 0 Å². The lowest BCUT2D eigenvalue weighted by molar-refractivity contribution is 0.408. The molecule has 1 aliphatic rings. The van der Waals surface area contributed by atoms with Crippen LogP contribution >= 0.6 is 11.3 Å². The van der Waals surface area contributed by atoms with Crippen molar-refractivity contribution in [2.45, 2.75) is 23.1 Å². The van der Waals surface area contributed by atoms with E-state index < -0.39 is 10.0 Å². The largest absolute Gasteiger partial charge is 0.492 e. The van der Waals surface area contributed by atoms with Gasteiger partial charge in [-0.05, 0) is 12.8 Å². The van der Waals surface area contributed by atoms with Crippen molar-refractivity contribution >= 4 is 27.0 Å². The van der Waals surface area contributed by atoms with Crippen LogP contribution in [0, 0.1) is 0 Å². The number of hydrogen-bond donors (Lipinski definition) is 2. The first-order valence-electron chi connectivity index (χ1n) is 4.48. The van der Waals surface area contributed by atoms with E-state index in [-0.39, 0.29) is 16.0 Å². The zero-order chi connectivity index (χ0) is 11.1. The summed E-state index contributed by atoms with van der Waals surface area (Å²) in [5.41, 5.74) is 5.95. The van der Waals surface area contributed by atoms with E-state index in [2.05, 4.69) is 4.72 Å². The molecule has 0 unspecified atom stereocenters. The minimum Gasteiger partial charge on any atom is -0.492 e. The minimum atomic E-state index is -3.46. The number of nitrogens with two attached hydrogens (primary N) is 1. The number of nitrogens with one attached hydrogen (secondary N) is 1. The van der Waals surface area contributed by atoms with E-state index in [0.717, 1.165) is 24.2 Å². The highest BCUT2D eigenvalue weighted by Gasteiger charge is 2.31. The van der Waals surface area contributed by atoms with Crippen molar-refractivity contribution in [3.05, 3.63) is 5.38 Å². The summed E-state index contributed by atoms with van der Waals surface area (Å²) in [7, 11) is -2.04. The van der Waals surface area contributed by atoms with E-state index in [4.69, 9.17) is 10.5 Å². The fourth-order valence-corrected chi connectivity index (χ4v) is 3.87. The van der Waals surface area contributed by atoms with Gasteiger partial charge in [-0.25, -0.2) is 13.1 Å². The second-order valence-electron chi connectivity index (χ2n) is 3.41. The Kier molecular flexibility index (Phi) is 2.61. The molecule has 1 aromatic rings. The Balaban J connectivity index is 2.34. The molecule has 3 N–H and O–H groups in total. The molecule has 84 valence electrons. The molecular formula is C8H12N2O3S2. The summed E-state index contributed by atoms with van der Waals surface area (Å²) < 4.78 is 31.4. The summed E-state index contributed by atoms with van der Waals surface area (Å²) in [6.45, 7) is 0. The molecule has 0 aromatic carbocycles. The zero-order valence-corrected chi connectivity index (χ0v) is 9.82. The Hall–Kier alpha value is -0.790. The summed E-state index contributed by atoms with van der Waals surface area (Å²) in [6.07, 6.45) is 1.81. The van der Waals surface area contributed by atoms with E-state index in [9.17, 15) is 8.42 Å². The van der Waals surface area contributed by atoms with E-state index in [1.54, 1.807) is 5.38 Å². The third kappa shape index (κ3) is 2.09. The van der Waals surface area contributed by atoms with Crippen LogP contribution in [0.1, 0.15) is 12.8 Å². The first-order valence-corrected chi connectivity index (χ1v) is 6.84. The van der Waals surface area contributed by atoms with Gasteiger partial charge in [0.25, 0.3) is 10.0 Å². The standard InChI is InChI=1S/C8H12N2O3S2/c1-13-7-6(9)4-14-8(7)15(11,12)10-5-2-3-5/h4-5,10H,2-3,9H2,1H3. The molecule has 1 aliphatic carbocycles. The fourth-order valence-electron chi connectivity index (χ4n) is 1.20. The number of hydrogen-bond acceptors (Lipinski definition) is 5. The van der Waals surface area contributed by atoms with Gasteiger partial charge < -0.3 is 10.5 Å². The molecule has 0 radical (unpaired) electrons. The maximum atomic E-state index is 11.8. The Morgan fingerprint density at radius 3 is 2.80 bits per heavy atom. The molecule has 5 nitrogen and oxygen atoms in total. The van der Waals surface area contributed by atoms with E-state index in [0.29, 0.717) is 5.69 Å². The third-order valence-corrected chi connectivity index (χ3v) is 5.12. The van der Waals surface area contributed by atoms with Gasteiger partial charge in [-0.3, -0.25) is 0 Å². The molecule has 1 heterocycles. The van der Waals surface area contributed by atoms with Gasteiger partial charge in [0, 0.05) is 11.4 Å². The van der Waals surface area contributed by atoms with Gasteiger partial charge in [-0.1, -0.05) is 0 Å². The summed E-state index contributed by atoms with van der Waals surface area (Å²) in [6, 6.07) is 0.0861. The van der Waals surface area contributed by atoms with Crippen molar-refractivity contribution in [2.75, 3.05) is 12.8 Å². The van der Waals surface area contributed by atoms with Crippen LogP contribution in [-0.2, 0) is 10.0 Å². The molecular weight excluding hydrogens is 236 g/mol. The van der Waals surface area contributed by atoms with Crippen LogP contribution in [0.2, 0.25) is 0 Å². The maximum Gasteiger partial charge on any atom is 0.254 e. The number of ether oxygens (including phenoxy) is 1. The molecule has 0 bridgehead atoms. The second-order valence-corrected chi connectivity index (χ2v) is 6.20. The van der Waals surface area contributed by atoms with Crippen molar-refractivity contribution in [1.82, 2.24) is 4.72 Å². The molecule has 1 aromatic heterocycles. The van der Waals surface area contributed by atoms with Gasteiger partial charge in [0.1, 0.15) is 0 Å². The molecule has 0 aliphatic heterocycles. The van der Waals surface area contributed by atoms with Gasteiger partial charge >= 0.3 is 0 Å². The number of rotatable bonds is 4. The maximum absolute atomic E-state index is 11.8. The van der Waals surface area contributed by atoms with E-state index in [1.165, 1.54) is 7.11 Å². The fraction of sp³-hybridized carbons (Fsp3) is 0.500. The molecule has 7 heteroatoms. The number of sulfonamides is 1. The summed E-state index contributed by atoms with van der Waals surface area (Å²) in [5.74, 6) is 0.244. The molecule has 0 atom stereocenters. The molecule has 0 amide bonds. The predicted octanol–water partition coefficient (Wildman–Crippen LogP) is 0.780. The third-order valence-electron chi connectivity index (χ3n) is 2.09. The molecule has 2 rings (SSSR count). The highest BCUT2D eigenvalue weighted by Crippen LogP contribution is 2.37. The Morgan fingerprint density at radius 1 is 1.60 bits per heavy atom. The first kappa shape index (κ1) is 10.7. The Morgan fingerprint density at radius 2 is 2.27 bits per heavy atom. The van der Waals surface area contributed by atoms with Crippen molar-refractivity contribution in [3.8, 4) is 5.75 Å². The lowest BCUT2D eigenvalue weighted by Gasteiger charge is -2.05.